The van der Waals surface area contributed by atoms with Gasteiger partial charge >= 0.3 is 0 Å². The van der Waals surface area contributed by atoms with Gasteiger partial charge in [0.25, 0.3) is 0 Å². The number of para-hydroxylation sites is 1. The summed E-state index contributed by atoms with van der Waals surface area (Å²) < 4.78 is 6.65. The van der Waals surface area contributed by atoms with Crippen LogP contribution in [0, 0.1) is 5.92 Å². The number of carbonyl (C=O) groups excluding carboxylic acids is 1. The van der Waals surface area contributed by atoms with Crippen LogP contribution in [0.3, 0.4) is 0 Å². The van der Waals surface area contributed by atoms with Gasteiger partial charge < -0.3 is 15.0 Å². The van der Waals surface area contributed by atoms with Crippen LogP contribution in [0.2, 0.25) is 0 Å². The number of nitrogens with zero attached hydrogens (tertiary/aromatic N) is 2. The molecule has 1 aliphatic rings. The van der Waals surface area contributed by atoms with E-state index < -0.39 is 0 Å². The highest BCUT2D eigenvalue weighted by Crippen LogP contribution is 2.31. The van der Waals surface area contributed by atoms with Gasteiger partial charge in [-0.05, 0) is 56.2 Å². The van der Waals surface area contributed by atoms with Crippen LogP contribution in [-0.2, 0) is 4.79 Å². The molecule has 0 aliphatic carbocycles. The summed E-state index contributed by atoms with van der Waals surface area (Å²) in [6.07, 6.45) is 1.69. The predicted octanol–water partition coefficient (Wildman–Crippen LogP) is 4.55. The summed E-state index contributed by atoms with van der Waals surface area (Å²) in [6.45, 7) is 4.32. The van der Waals surface area contributed by atoms with E-state index in [0.717, 1.165) is 48.0 Å². The van der Waals surface area contributed by atoms with Crippen molar-refractivity contribution >= 4 is 38.3 Å². The van der Waals surface area contributed by atoms with Gasteiger partial charge in [0.05, 0.1) is 16.8 Å². The third-order valence-corrected chi connectivity index (χ3v) is 5.95. The number of thiazole rings is 1. The Morgan fingerprint density at radius 3 is 2.63 bits per heavy atom. The minimum Gasteiger partial charge on any atom is -0.494 e. The molecule has 5 nitrogen and oxygen atoms in total. The smallest absolute Gasteiger partial charge is 0.227 e. The number of aromatic nitrogens is 1. The molecule has 0 bridgehead atoms. The van der Waals surface area contributed by atoms with Crippen LogP contribution >= 0.6 is 11.3 Å². The summed E-state index contributed by atoms with van der Waals surface area (Å²) in [6, 6.07) is 15.8. The highest BCUT2D eigenvalue weighted by molar-refractivity contribution is 7.22. The topological polar surface area (TPSA) is 54.5 Å². The van der Waals surface area contributed by atoms with Crippen LogP contribution in [0.15, 0.2) is 48.5 Å². The monoisotopic (exact) mass is 381 g/mol. The first-order valence-corrected chi connectivity index (χ1v) is 10.2. The van der Waals surface area contributed by atoms with Crippen LogP contribution in [-0.4, -0.2) is 30.6 Å². The predicted molar refractivity (Wildman–Crippen MR) is 111 cm³/mol. The Hall–Kier alpha value is -2.60. The molecular formula is C21H23N3O2S. The number of fused-ring (bicyclic) bond motifs is 1. The number of piperidine rings is 1. The Morgan fingerprint density at radius 1 is 1.19 bits per heavy atom. The zero-order chi connectivity index (χ0) is 18.6. The van der Waals surface area contributed by atoms with Gasteiger partial charge in [0, 0.05) is 24.7 Å². The summed E-state index contributed by atoms with van der Waals surface area (Å²) in [5.41, 5.74) is 1.87. The van der Waals surface area contributed by atoms with Crippen molar-refractivity contribution in [1.29, 1.82) is 0 Å². The third-order valence-electron chi connectivity index (χ3n) is 4.85. The fraction of sp³-hybridized carbons (Fsp3) is 0.333. The maximum atomic E-state index is 12.6. The van der Waals surface area contributed by atoms with Gasteiger partial charge in [0.2, 0.25) is 5.91 Å². The first-order valence-electron chi connectivity index (χ1n) is 9.37. The molecular weight excluding hydrogens is 358 g/mol. The molecule has 1 aromatic heterocycles. The van der Waals surface area contributed by atoms with Crippen LogP contribution in [0.5, 0.6) is 5.75 Å². The number of benzene rings is 2. The van der Waals surface area contributed by atoms with Gasteiger partial charge in [0.1, 0.15) is 5.75 Å². The molecule has 140 valence electrons. The highest BCUT2D eigenvalue weighted by Gasteiger charge is 2.26. The lowest BCUT2D eigenvalue weighted by atomic mass is 9.96. The third kappa shape index (κ3) is 4.06. The maximum absolute atomic E-state index is 12.6. The number of nitrogens with one attached hydrogen (secondary N) is 1. The van der Waals surface area contributed by atoms with Crippen molar-refractivity contribution in [3.63, 3.8) is 0 Å². The quantitative estimate of drug-likeness (QED) is 0.704. The zero-order valence-electron chi connectivity index (χ0n) is 15.4. The average molecular weight is 382 g/mol. The molecule has 2 heterocycles. The van der Waals surface area contributed by atoms with Gasteiger partial charge in [-0.2, -0.15) is 0 Å². The highest BCUT2D eigenvalue weighted by atomic mass is 32.1. The molecule has 27 heavy (non-hydrogen) atoms. The SMILES string of the molecule is CCOc1ccc(NC(=O)C2CCN(c3nc4ccccc4s3)CC2)cc1. The minimum atomic E-state index is 0.0437. The van der Waals surface area contributed by atoms with E-state index in [1.54, 1.807) is 11.3 Å². The largest absolute Gasteiger partial charge is 0.494 e. The summed E-state index contributed by atoms with van der Waals surface area (Å²) >= 11 is 1.72. The second-order valence-corrected chi connectivity index (χ2v) is 7.68. The van der Waals surface area contributed by atoms with Crippen LogP contribution in [0.25, 0.3) is 10.2 Å². The van der Waals surface area contributed by atoms with Crippen LogP contribution < -0.4 is 15.0 Å². The van der Waals surface area contributed by atoms with Crippen LogP contribution in [0.4, 0.5) is 10.8 Å². The molecule has 4 rings (SSSR count). The number of amides is 1. The average Bonchev–Trinajstić information content (AvgIpc) is 3.14. The van der Waals surface area contributed by atoms with Gasteiger partial charge in [-0.3, -0.25) is 4.79 Å². The lowest BCUT2D eigenvalue weighted by Gasteiger charge is -2.31. The van der Waals surface area contributed by atoms with Gasteiger partial charge in [-0.15, -0.1) is 0 Å². The number of ether oxygens (including phenoxy) is 1. The summed E-state index contributed by atoms with van der Waals surface area (Å²) in [5, 5.41) is 4.09. The van der Waals surface area contributed by atoms with Crippen molar-refractivity contribution < 1.29 is 9.53 Å². The molecule has 2 aromatic carbocycles. The maximum Gasteiger partial charge on any atom is 0.227 e. The number of hydrogen-bond donors (Lipinski definition) is 1. The summed E-state index contributed by atoms with van der Waals surface area (Å²) in [4.78, 5) is 19.6. The lowest BCUT2D eigenvalue weighted by molar-refractivity contribution is -0.120. The molecule has 1 fully saturated rings. The summed E-state index contributed by atoms with van der Waals surface area (Å²) in [5.74, 6) is 0.963. The van der Waals surface area contributed by atoms with E-state index in [4.69, 9.17) is 9.72 Å². The molecule has 0 atom stereocenters. The van der Waals surface area contributed by atoms with Gasteiger partial charge in [-0.1, -0.05) is 23.5 Å². The first kappa shape index (κ1) is 17.8. The molecule has 1 N–H and O–H groups in total. The van der Waals surface area contributed by atoms with Crippen molar-refractivity contribution in [3.05, 3.63) is 48.5 Å². The number of hydrogen-bond acceptors (Lipinski definition) is 5. The van der Waals surface area contributed by atoms with E-state index in [1.165, 1.54) is 4.70 Å². The molecule has 0 saturated carbocycles. The Labute approximate surface area is 163 Å². The molecule has 1 saturated heterocycles. The molecule has 0 radical (unpaired) electrons. The van der Waals surface area contributed by atoms with Crippen molar-refractivity contribution in [2.45, 2.75) is 19.8 Å². The fourth-order valence-corrected chi connectivity index (χ4v) is 4.39. The van der Waals surface area contributed by atoms with E-state index >= 15 is 0 Å². The Morgan fingerprint density at radius 2 is 1.93 bits per heavy atom. The van der Waals surface area contributed by atoms with Gasteiger partial charge in [0.15, 0.2) is 5.13 Å². The Bertz CT molecular complexity index is 882. The molecule has 0 unspecified atom stereocenters. The van der Waals surface area contributed by atoms with E-state index in [9.17, 15) is 4.79 Å². The Kier molecular flexibility index (Phi) is 5.25. The van der Waals surface area contributed by atoms with Crippen molar-refractivity contribution in [3.8, 4) is 5.75 Å². The minimum absolute atomic E-state index is 0.0437. The van der Waals surface area contributed by atoms with Crippen molar-refractivity contribution in [1.82, 2.24) is 4.98 Å². The normalized spacial score (nSPS) is 15.1. The van der Waals surface area contributed by atoms with Crippen LogP contribution in [0.1, 0.15) is 19.8 Å². The second kappa shape index (κ2) is 7.96. The van der Waals surface area contributed by atoms with E-state index in [0.29, 0.717) is 6.61 Å². The summed E-state index contributed by atoms with van der Waals surface area (Å²) in [7, 11) is 0. The second-order valence-electron chi connectivity index (χ2n) is 6.67. The zero-order valence-corrected chi connectivity index (χ0v) is 16.2. The molecule has 6 heteroatoms. The van der Waals surface area contributed by atoms with Crippen molar-refractivity contribution in [2.24, 2.45) is 5.92 Å². The molecule has 1 aliphatic heterocycles. The lowest BCUT2D eigenvalue weighted by Crippen LogP contribution is -2.38. The van der Waals surface area contributed by atoms with E-state index in [2.05, 4.69) is 16.3 Å². The van der Waals surface area contributed by atoms with Gasteiger partial charge in [-0.25, -0.2) is 4.98 Å². The molecule has 1 amide bonds. The van der Waals surface area contributed by atoms with E-state index in [1.807, 2.05) is 49.4 Å². The fourth-order valence-electron chi connectivity index (χ4n) is 3.37. The molecule has 3 aromatic rings. The number of anilines is 2. The number of carbonyl (C=O) groups is 1. The molecule has 0 spiro atoms. The first-order chi connectivity index (χ1) is 13.2. The Balaban J connectivity index is 1.33. The number of rotatable bonds is 5. The van der Waals surface area contributed by atoms with Crippen molar-refractivity contribution in [2.75, 3.05) is 29.9 Å². The van der Waals surface area contributed by atoms with E-state index in [-0.39, 0.29) is 11.8 Å². The standard InChI is InChI=1S/C21H23N3O2S/c1-2-26-17-9-7-16(8-10-17)22-20(25)15-11-13-24(14-12-15)21-23-18-5-3-4-6-19(18)27-21/h3-10,15H,2,11-14H2,1H3,(H,22,25).